The lowest BCUT2D eigenvalue weighted by atomic mass is 9.91. The van der Waals surface area contributed by atoms with Gasteiger partial charge in [0, 0.05) is 0 Å². The van der Waals surface area contributed by atoms with Crippen molar-refractivity contribution in [3.63, 3.8) is 0 Å². The second-order valence-corrected chi connectivity index (χ2v) is 5.77. The molecule has 0 fully saturated rings. The lowest BCUT2D eigenvalue weighted by Gasteiger charge is -2.30. The Labute approximate surface area is 120 Å². The summed E-state index contributed by atoms with van der Waals surface area (Å²) in [7, 11) is 1.41. The summed E-state index contributed by atoms with van der Waals surface area (Å²) < 4.78 is 4.92. The van der Waals surface area contributed by atoms with Crippen LogP contribution in [0.15, 0.2) is 24.3 Å². The lowest BCUT2D eigenvalue weighted by molar-refractivity contribution is -0.145. The molecule has 0 aliphatic carbocycles. The molecule has 1 rings (SSSR count). The van der Waals surface area contributed by atoms with E-state index in [9.17, 15) is 4.79 Å². The van der Waals surface area contributed by atoms with Crippen LogP contribution in [0.1, 0.15) is 33.6 Å². The van der Waals surface area contributed by atoms with Crippen molar-refractivity contribution in [2.45, 2.75) is 39.2 Å². The maximum Gasteiger partial charge on any atom is 0.331 e. The second kappa shape index (κ2) is 6.80. The predicted molar refractivity (Wildman–Crippen MR) is 79.6 cm³/mol. The standard InChI is InChI=1S/C15H22ClNO2/c1-11(2)9-10-15(3,14(18)19-4)17-13-8-6-5-7-12(13)16/h5-8,11,17H,9-10H2,1-4H3. The lowest BCUT2D eigenvalue weighted by Crippen LogP contribution is -2.44. The van der Waals surface area contributed by atoms with Crippen LogP contribution < -0.4 is 5.32 Å². The molecule has 0 radical (unpaired) electrons. The zero-order chi connectivity index (χ0) is 14.5. The Morgan fingerprint density at radius 3 is 2.58 bits per heavy atom. The SMILES string of the molecule is COC(=O)C(C)(CCC(C)C)Nc1ccccc1Cl. The summed E-state index contributed by atoms with van der Waals surface area (Å²) in [5, 5.41) is 3.82. The van der Waals surface area contributed by atoms with Crippen molar-refractivity contribution in [1.82, 2.24) is 0 Å². The zero-order valence-electron chi connectivity index (χ0n) is 12.0. The summed E-state index contributed by atoms with van der Waals surface area (Å²) >= 11 is 6.13. The minimum absolute atomic E-state index is 0.270. The number of methoxy groups -OCH3 is 1. The van der Waals surface area contributed by atoms with Crippen molar-refractivity contribution in [3.8, 4) is 0 Å². The summed E-state index contributed by atoms with van der Waals surface area (Å²) in [6.45, 7) is 6.12. The van der Waals surface area contributed by atoms with E-state index >= 15 is 0 Å². The highest BCUT2D eigenvalue weighted by molar-refractivity contribution is 6.33. The number of nitrogens with one attached hydrogen (secondary N) is 1. The highest BCUT2D eigenvalue weighted by atomic mass is 35.5. The monoisotopic (exact) mass is 283 g/mol. The number of para-hydroxylation sites is 1. The molecule has 1 N–H and O–H groups in total. The van der Waals surface area contributed by atoms with E-state index in [0.717, 1.165) is 12.1 Å². The Bertz CT molecular complexity index is 434. The van der Waals surface area contributed by atoms with E-state index in [1.165, 1.54) is 7.11 Å². The van der Waals surface area contributed by atoms with Gasteiger partial charge in [-0.1, -0.05) is 37.6 Å². The molecule has 0 aliphatic rings. The van der Waals surface area contributed by atoms with Crippen LogP contribution in [0.4, 0.5) is 5.69 Å². The van der Waals surface area contributed by atoms with Gasteiger partial charge in [-0.05, 0) is 37.8 Å². The second-order valence-electron chi connectivity index (χ2n) is 5.36. The number of halogens is 1. The molecule has 0 amide bonds. The van der Waals surface area contributed by atoms with Crippen LogP contribution in [-0.4, -0.2) is 18.6 Å². The molecule has 0 saturated heterocycles. The van der Waals surface area contributed by atoms with E-state index in [-0.39, 0.29) is 5.97 Å². The molecule has 0 bridgehead atoms. The van der Waals surface area contributed by atoms with Gasteiger partial charge in [-0.2, -0.15) is 0 Å². The zero-order valence-corrected chi connectivity index (χ0v) is 12.8. The van der Waals surface area contributed by atoms with Gasteiger partial charge in [-0.25, -0.2) is 4.79 Å². The Balaban J connectivity index is 2.91. The van der Waals surface area contributed by atoms with Crippen molar-refractivity contribution in [1.29, 1.82) is 0 Å². The third-order valence-electron chi connectivity index (χ3n) is 3.14. The van der Waals surface area contributed by atoms with Gasteiger partial charge < -0.3 is 10.1 Å². The fourth-order valence-electron chi connectivity index (χ4n) is 1.88. The van der Waals surface area contributed by atoms with E-state index < -0.39 is 5.54 Å². The highest BCUT2D eigenvalue weighted by Gasteiger charge is 2.34. The first-order valence-electron chi connectivity index (χ1n) is 6.50. The number of carbonyl (C=O) groups is 1. The third-order valence-corrected chi connectivity index (χ3v) is 3.47. The Kier molecular flexibility index (Phi) is 5.67. The van der Waals surface area contributed by atoms with Crippen LogP contribution in [-0.2, 0) is 9.53 Å². The van der Waals surface area contributed by atoms with Gasteiger partial charge in [-0.15, -0.1) is 0 Å². The summed E-state index contributed by atoms with van der Waals surface area (Å²) in [5.41, 5.74) is -0.00915. The number of hydrogen-bond acceptors (Lipinski definition) is 3. The molecule has 4 heteroatoms. The van der Waals surface area contributed by atoms with Gasteiger partial charge in [0.2, 0.25) is 0 Å². The van der Waals surface area contributed by atoms with Gasteiger partial charge in [0.05, 0.1) is 17.8 Å². The van der Waals surface area contributed by atoms with Crippen LogP contribution in [0, 0.1) is 5.92 Å². The fraction of sp³-hybridized carbons (Fsp3) is 0.533. The molecule has 0 heterocycles. The number of carbonyl (C=O) groups excluding carboxylic acids is 1. The number of rotatable bonds is 6. The Morgan fingerprint density at radius 1 is 1.42 bits per heavy atom. The quantitative estimate of drug-likeness (QED) is 0.798. The van der Waals surface area contributed by atoms with Gasteiger partial charge in [0.15, 0.2) is 0 Å². The smallest absolute Gasteiger partial charge is 0.331 e. The van der Waals surface area contributed by atoms with Crippen LogP contribution in [0.5, 0.6) is 0 Å². The van der Waals surface area contributed by atoms with Crippen molar-refractivity contribution >= 4 is 23.3 Å². The molecular formula is C15H22ClNO2. The van der Waals surface area contributed by atoms with Gasteiger partial charge >= 0.3 is 5.97 Å². The van der Waals surface area contributed by atoms with Crippen molar-refractivity contribution in [2.24, 2.45) is 5.92 Å². The van der Waals surface area contributed by atoms with E-state index in [2.05, 4.69) is 19.2 Å². The van der Waals surface area contributed by atoms with Crippen LogP contribution in [0.3, 0.4) is 0 Å². The topological polar surface area (TPSA) is 38.3 Å². The summed E-state index contributed by atoms with van der Waals surface area (Å²) in [6.07, 6.45) is 1.63. The molecule has 1 aromatic carbocycles. The molecule has 1 atom stereocenters. The third kappa shape index (κ3) is 4.43. The van der Waals surface area contributed by atoms with E-state index in [0.29, 0.717) is 17.4 Å². The molecule has 1 aromatic rings. The molecule has 3 nitrogen and oxygen atoms in total. The molecule has 19 heavy (non-hydrogen) atoms. The first-order chi connectivity index (χ1) is 8.89. The van der Waals surface area contributed by atoms with Crippen LogP contribution >= 0.6 is 11.6 Å². The fourth-order valence-corrected chi connectivity index (χ4v) is 2.06. The van der Waals surface area contributed by atoms with Crippen molar-refractivity contribution in [3.05, 3.63) is 29.3 Å². The number of ether oxygens (including phenoxy) is 1. The number of esters is 1. The Morgan fingerprint density at radius 2 is 2.05 bits per heavy atom. The molecule has 106 valence electrons. The minimum atomic E-state index is -0.760. The van der Waals surface area contributed by atoms with Gasteiger partial charge in [0.25, 0.3) is 0 Å². The van der Waals surface area contributed by atoms with E-state index in [4.69, 9.17) is 16.3 Å². The van der Waals surface area contributed by atoms with Crippen molar-refractivity contribution < 1.29 is 9.53 Å². The summed E-state index contributed by atoms with van der Waals surface area (Å²) in [6, 6.07) is 7.40. The number of anilines is 1. The maximum atomic E-state index is 12.0. The van der Waals surface area contributed by atoms with Crippen molar-refractivity contribution in [2.75, 3.05) is 12.4 Å². The van der Waals surface area contributed by atoms with E-state index in [1.54, 1.807) is 6.07 Å². The average Bonchev–Trinajstić information content (AvgIpc) is 2.38. The first-order valence-corrected chi connectivity index (χ1v) is 6.88. The van der Waals surface area contributed by atoms with Gasteiger partial charge in [0.1, 0.15) is 5.54 Å². The average molecular weight is 284 g/mol. The van der Waals surface area contributed by atoms with Crippen LogP contribution in [0.2, 0.25) is 5.02 Å². The largest absolute Gasteiger partial charge is 0.467 e. The molecular weight excluding hydrogens is 262 g/mol. The summed E-state index contributed by atoms with van der Waals surface area (Å²) in [5.74, 6) is 0.255. The predicted octanol–water partition coefficient (Wildman–Crippen LogP) is 4.12. The van der Waals surface area contributed by atoms with Gasteiger partial charge in [-0.3, -0.25) is 0 Å². The molecule has 0 aromatic heterocycles. The maximum absolute atomic E-state index is 12.0. The minimum Gasteiger partial charge on any atom is -0.467 e. The molecule has 1 unspecified atom stereocenters. The normalized spacial score (nSPS) is 14.0. The molecule has 0 spiro atoms. The number of hydrogen-bond donors (Lipinski definition) is 1. The molecule has 0 aliphatic heterocycles. The van der Waals surface area contributed by atoms with E-state index in [1.807, 2.05) is 25.1 Å². The molecule has 0 saturated carbocycles. The Hall–Kier alpha value is -1.22. The summed E-state index contributed by atoms with van der Waals surface area (Å²) in [4.78, 5) is 12.0. The van der Waals surface area contributed by atoms with Crippen LogP contribution in [0.25, 0.3) is 0 Å². The first kappa shape index (κ1) is 15.8. The number of benzene rings is 1. The highest BCUT2D eigenvalue weighted by Crippen LogP contribution is 2.28.